The first-order valence-electron chi connectivity index (χ1n) is 6.19. The Balaban J connectivity index is 0. The molecule has 0 aliphatic heterocycles. The SMILES string of the molecule is C=C(/C=C\C(C)=C/C)OCCC(C)C.CC. The molecule has 1 heteroatoms. The number of ether oxygens (including phenoxy) is 1. The van der Waals surface area contributed by atoms with Crippen LogP contribution in [0.25, 0.3) is 0 Å². The maximum absolute atomic E-state index is 5.44. The van der Waals surface area contributed by atoms with E-state index in [4.69, 9.17) is 4.74 Å². The van der Waals surface area contributed by atoms with E-state index in [0.29, 0.717) is 5.92 Å². The molecule has 0 saturated heterocycles. The molecule has 0 atom stereocenters. The highest BCUT2D eigenvalue weighted by Crippen LogP contribution is 2.04. The highest BCUT2D eigenvalue weighted by atomic mass is 16.5. The fourth-order valence-corrected chi connectivity index (χ4v) is 0.794. The Morgan fingerprint density at radius 2 is 1.81 bits per heavy atom. The molecule has 0 saturated carbocycles. The Kier molecular flexibility index (Phi) is 13.2. The Morgan fingerprint density at radius 1 is 1.25 bits per heavy atom. The van der Waals surface area contributed by atoms with Gasteiger partial charge < -0.3 is 4.74 Å². The molecule has 0 rings (SSSR count). The smallest absolute Gasteiger partial charge is 0.112 e. The third kappa shape index (κ3) is 13.0. The normalized spacial score (nSPS) is 11.3. The predicted molar refractivity (Wildman–Crippen MR) is 74.5 cm³/mol. The van der Waals surface area contributed by atoms with Crippen LogP contribution in [0.3, 0.4) is 0 Å². The van der Waals surface area contributed by atoms with Crippen LogP contribution in [0.5, 0.6) is 0 Å². The van der Waals surface area contributed by atoms with Crippen molar-refractivity contribution in [3.05, 3.63) is 36.1 Å². The zero-order chi connectivity index (χ0) is 13.0. The van der Waals surface area contributed by atoms with Gasteiger partial charge in [0.1, 0.15) is 5.76 Å². The third-order valence-electron chi connectivity index (χ3n) is 1.97. The van der Waals surface area contributed by atoms with Gasteiger partial charge in [0.2, 0.25) is 0 Å². The number of allylic oxidation sites excluding steroid dienone is 4. The van der Waals surface area contributed by atoms with Crippen molar-refractivity contribution in [2.75, 3.05) is 6.61 Å². The molecule has 94 valence electrons. The first-order chi connectivity index (χ1) is 7.56. The average molecular weight is 224 g/mol. The van der Waals surface area contributed by atoms with Gasteiger partial charge in [0, 0.05) is 0 Å². The zero-order valence-electron chi connectivity index (χ0n) is 11.8. The van der Waals surface area contributed by atoms with Crippen molar-refractivity contribution in [3.8, 4) is 0 Å². The molecule has 0 spiro atoms. The molecular weight excluding hydrogens is 196 g/mol. The minimum Gasteiger partial charge on any atom is -0.494 e. The van der Waals surface area contributed by atoms with Crippen LogP contribution in [0.1, 0.15) is 48.0 Å². The molecule has 0 amide bonds. The summed E-state index contributed by atoms with van der Waals surface area (Å²) >= 11 is 0. The minimum absolute atomic E-state index is 0.684. The highest BCUT2D eigenvalue weighted by Gasteiger charge is 1.94. The van der Waals surface area contributed by atoms with E-state index < -0.39 is 0 Å². The molecule has 0 unspecified atom stereocenters. The van der Waals surface area contributed by atoms with Gasteiger partial charge in [-0.05, 0) is 32.3 Å². The lowest BCUT2D eigenvalue weighted by Crippen LogP contribution is -1.97. The average Bonchev–Trinajstić information content (AvgIpc) is 2.28. The van der Waals surface area contributed by atoms with Gasteiger partial charge in [0.05, 0.1) is 6.61 Å². The molecule has 0 aromatic carbocycles. The Bertz CT molecular complexity index is 222. The molecule has 1 nitrogen and oxygen atoms in total. The lowest BCUT2D eigenvalue weighted by Gasteiger charge is -2.07. The lowest BCUT2D eigenvalue weighted by atomic mass is 10.1. The van der Waals surface area contributed by atoms with Crippen LogP contribution in [0.4, 0.5) is 0 Å². The van der Waals surface area contributed by atoms with E-state index >= 15 is 0 Å². The number of rotatable bonds is 6. The van der Waals surface area contributed by atoms with Crippen molar-refractivity contribution in [3.63, 3.8) is 0 Å². The second-order valence-corrected chi connectivity index (χ2v) is 3.86. The molecule has 0 radical (unpaired) electrons. The Labute approximate surface area is 102 Å². The van der Waals surface area contributed by atoms with Crippen molar-refractivity contribution < 1.29 is 4.74 Å². The van der Waals surface area contributed by atoms with E-state index in [2.05, 4.69) is 33.4 Å². The van der Waals surface area contributed by atoms with Crippen molar-refractivity contribution in [2.45, 2.75) is 48.0 Å². The summed E-state index contributed by atoms with van der Waals surface area (Å²) in [6.07, 6.45) is 7.06. The molecule has 16 heavy (non-hydrogen) atoms. The van der Waals surface area contributed by atoms with E-state index in [0.717, 1.165) is 18.8 Å². The van der Waals surface area contributed by atoms with Crippen molar-refractivity contribution in [1.82, 2.24) is 0 Å². The van der Waals surface area contributed by atoms with E-state index in [1.165, 1.54) is 5.57 Å². The number of hydrogen-bond donors (Lipinski definition) is 0. The Morgan fingerprint density at radius 3 is 2.25 bits per heavy atom. The van der Waals surface area contributed by atoms with Crippen LogP contribution in [-0.4, -0.2) is 6.61 Å². The van der Waals surface area contributed by atoms with Crippen LogP contribution in [0.2, 0.25) is 0 Å². The molecule has 0 bridgehead atoms. The summed E-state index contributed by atoms with van der Waals surface area (Å²) in [5, 5.41) is 0. The predicted octanol–water partition coefficient (Wildman–Crippen LogP) is 5.11. The number of hydrogen-bond acceptors (Lipinski definition) is 1. The van der Waals surface area contributed by atoms with Crippen LogP contribution >= 0.6 is 0 Å². The molecule has 0 fully saturated rings. The molecular formula is C15H28O. The third-order valence-corrected chi connectivity index (χ3v) is 1.97. The van der Waals surface area contributed by atoms with Gasteiger partial charge >= 0.3 is 0 Å². The van der Waals surface area contributed by atoms with Gasteiger partial charge in [-0.1, -0.05) is 52.0 Å². The summed E-state index contributed by atoms with van der Waals surface area (Å²) in [5.41, 5.74) is 1.22. The summed E-state index contributed by atoms with van der Waals surface area (Å²) in [7, 11) is 0. The molecule has 0 aromatic heterocycles. The van der Waals surface area contributed by atoms with E-state index in [-0.39, 0.29) is 0 Å². The van der Waals surface area contributed by atoms with Gasteiger partial charge in [-0.15, -0.1) is 0 Å². The topological polar surface area (TPSA) is 9.23 Å². The van der Waals surface area contributed by atoms with Crippen molar-refractivity contribution in [1.29, 1.82) is 0 Å². The van der Waals surface area contributed by atoms with Crippen LogP contribution in [0, 0.1) is 5.92 Å². The van der Waals surface area contributed by atoms with Gasteiger partial charge in [0.15, 0.2) is 0 Å². The summed E-state index contributed by atoms with van der Waals surface area (Å²) in [5.74, 6) is 1.43. The summed E-state index contributed by atoms with van der Waals surface area (Å²) in [6.45, 7) is 17.0. The fourth-order valence-electron chi connectivity index (χ4n) is 0.794. The van der Waals surface area contributed by atoms with Gasteiger partial charge in [-0.25, -0.2) is 0 Å². The van der Waals surface area contributed by atoms with E-state index in [9.17, 15) is 0 Å². The molecule has 0 aliphatic carbocycles. The summed E-state index contributed by atoms with van der Waals surface area (Å²) in [4.78, 5) is 0. The van der Waals surface area contributed by atoms with Crippen molar-refractivity contribution in [2.24, 2.45) is 5.92 Å². The summed E-state index contributed by atoms with van der Waals surface area (Å²) < 4.78 is 5.44. The maximum atomic E-state index is 5.44. The van der Waals surface area contributed by atoms with Gasteiger partial charge in [-0.2, -0.15) is 0 Å². The largest absolute Gasteiger partial charge is 0.494 e. The van der Waals surface area contributed by atoms with E-state index in [1.807, 2.05) is 32.9 Å². The van der Waals surface area contributed by atoms with Crippen LogP contribution < -0.4 is 0 Å². The first-order valence-corrected chi connectivity index (χ1v) is 6.19. The monoisotopic (exact) mass is 224 g/mol. The molecule has 0 aromatic rings. The van der Waals surface area contributed by atoms with Gasteiger partial charge in [0.25, 0.3) is 0 Å². The van der Waals surface area contributed by atoms with Crippen LogP contribution in [-0.2, 0) is 4.74 Å². The molecule has 0 N–H and O–H groups in total. The fraction of sp³-hybridized carbons (Fsp3) is 0.600. The quantitative estimate of drug-likeness (QED) is 0.450. The summed E-state index contributed by atoms with van der Waals surface area (Å²) in [6, 6.07) is 0. The molecule has 0 heterocycles. The second kappa shape index (κ2) is 12.1. The van der Waals surface area contributed by atoms with E-state index in [1.54, 1.807) is 0 Å². The Hall–Kier alpha value is -0.980. The second-order valence-electron chi connectivity index (χ2n) is 3.86. The maximum Gasteiger partial charge on any atom is 0.112 e. The minimum atomic E-state index is 0.684. The standard InChI is InChI=1S/C13H22O.C2H6/c1-6-12(4)7-8-13(5)14-10-9-11(2)3;1-2/h6-8,11H,5,9-10H2,1-4H3;1-2H3/b8-7-,12-6-;. The van der Waals surface area contributed by atoms with Crippen molar-refractivity contribution >= 4 is 0 Å². The highest BCUT2D eigenvalue weighted by molar-refractivity contribution is 5.21. The first kappa shape index (κ1) is 17.4. The van der Waals surface area contributed by atoms with Crippen LogP contribution in [0.15, 0.2) is 36.1 Å². The van der Waals surface area contributed by atoms with Gasteiger partial charge in [-0.3, -0.25) is 0 Å². The lowest BCUT2D eigenvalue weighted by molar-refractivity contribution is 0.208. The zero-order valence-corrected chi connectivity index (χ0v) is 11.8. The molecule has 0 aliphatic rings.